The van der Waals surface area contributed by atoms with E-state index in [0.717, 1.165) is 6.26 Å². The zero-order valence-electron chi connectivity index (χ0n) is 16.5. The Morgan fingerprint density at radius 3 is 2.45 bits per heavy atom. The summed E-state index contributed by atoms with van der Waals surface area (Å²) in [7, 11) is -4.41. The van der Waals surface area contributed by atoms with Crippen LogP contribution in [0.1, 0.15) is 16.8 Å². The Morgan fingerprint density at radius 2 is 1.83 bits per heavy atom. The number of benzene rings is 1. The second kappa shape index (κ2) is 9.37. The summed E-state index contributed by atoms with van der Waals surface area (Å²) in [6, 6.07) is 5.12. The third kappa shape index (κ3) is 7.15. The van der Waals surface area contributed by atoms with Crippen LogP contribution >= 0.6 is 0 Å². The maximum atomic E-state index is 12.4. The lowest BCUT2D eigenvalue weighted by atomic mass is 10.1. The van der Waals surface area contributed by atoms with Crippen LogP contribution in [0.5, 0.6) is 11.5 Å². The van der Waals surface area contributed by atoms with Gasteiger partial charge in [0.05, 0.1) is 31.9 Å². The van der Waals surface area contributed by atoms with E-state index < -0.39 is 20.1 Å². The zero-order valence-corrected chi connectivity index (χ0v) is 18.1. The van der Waals surface area contributed by atoms with Gasteiger partial charge in [0.2, 0.25) is 16.0 Å². The van der Waals surface area contributed by atoms with E-state index in [0.29, 0.717) is 22.6 Å². The number of aryl methyl sites for hydroxylation is 2. The molecule has 0 aliphatic carbocycles. The molecular weight excluding hydrogens is 422 g/mol. The van der Waals surface area contributed by atoms with Gasteiger partial charge in [-0.25, -0.2) is 18.4 Å². The fraction of sp³-hybridized carbons (Fsp3) is 0.412. The van der Waals surface area contributed by atoms with Crippen LogP contribution in [-0.2, 0) is 37.4 Å². The largest absolute Gasteiger partial charge is 0.497 e. The molecule has 1 heterocycles. The highest BCUT2D eigenvalue weighted by atomic mass is 32.2. The molecule has 0 amide bonds. The fourth-order valence-electron chi connectivity index (χ4n) is 2.33. The Morgan fingerprint density at radius 1 is 1.10 bits per heavy atom. The first-order chi connectivity index (χ1) is 13.5. The summed E-state index contributed by atoms with van der Waals surface area (Å²) in [5.41, 5.74) is 1.53. The molecule has 0 aliphatic heterocycles. The summed E-state index contributed by atoms with van der Waals surface area (Å²) in [5.74, 6) is 0.724. The monoisotopic (exact) mass is 445 g/mol. The molecular formula is C17H23N3O7S2. The predicted molar refractivity (Wildman–Crippen MR) is 107 cm³/mol. The van der Waals surface area contributed by atoms with E-state index in [1.54, 1.807) is 25.1 Å². The molecule has 0 aliphatic rings. The molecule has 0 atom stereocenters. The highest BCUT2D eigenvalue weighted by Crippen LogP contribution is 2.25. The molecule has 29 heavy (non-hydrogen) atoms. The van der Waals surface area contributed by atoms with Crippen molar-refractivity contribution in [1.82, 2.24) is 9.97 Å². The van der Waals surface area contributed by atoms with Gasteiger partial charge in [0, 0.05) is 12.3 Å². The SMILES string of the molecule is COc1ccc(CCS(=O)(=O)Nc2ncc(C)c(COS(C)(=O)=O)n2)c(OC)c1. The van der Waals surface area contributed by atoms with Crippen molar-refractivity contribution in [2.45, 2.75) is 20.0 Å². The summed E-state index contributed by atoms with van der Waals surface area (Å²) in [5, 5.41) is 0. The van der Waals surface area contributed by atoms with Gasteiger partial charge in [-0.3, -0.25) is 8.91 Å². The van der Waals surface area contributed by atoms with Crippen molar-refractivity contribution >= 4 is 26.1 Å². The van der Waals surface area contributed by atoms with E-state index in [1.165, 1.54) is 20.4 Å². The van der Waals surface area contributed by atoms with Crippen molar-refractivity contribution < 1.29 is 30.5 Å². The minimum absolute atomic E-state index is 0.163. The molecule has 12 heteroatoms. The van der Waals surface area contributed by atoms with E-state index in [-0.39, 0.29) is 30.4 Å². The maximum Gasteiger partial charge on any atom is 0.264 e. The molecule has 0 saturated carbocycles. The summed E-state index contributed by atoms with van der Waals surface area (Å²) in [4.78, 5) is 7.97. The van der Waals surface area contributed by atoms with Crippen LogP contribution in [0.25, 0.3) is 0 Å². The molecule has 0 saturated heterocycles. The van der Waals surface area contributed by atoms with E-state index in [1.807, 2.05) is 0 Å². The first-order valence-electron chi connectivity index (χ1n) is 8.41. The topological polar surface area (TPSA) is 134 Å². The standard InChI is InChI=1S/C17H23N3O7S2/c1-12-10-18-17(19-15(12)11-27-28(4,21)22)20-29(23,24)8-7-13-5-6-14(25-2)9-16(13)26-3/h5-6,9-10H,7-8,11H2,1-4H3,(H,18,19,20). The number of hydrogen-bond acceptors (Lipinski definition) is 9. The molecule has 2 aromatic rings. The Balaban J connectivity index is 2.09. The summed E-state index contributed by atoms with van der Waals surface area (Å²) in [6.45, 7) is 1.35. The third-order valence-electron chi connectivity index (χ3n) is 3.87. The normalized spacial score (nSPS) is 11.9. The van der Waals surface area contributed by atoms with Crippen LogP contribution in [-0.4, -0.2) is 53.0 Å². The van der Waals surface area contributed by atoms with Crippen molar-refractivity contribution in [1.29, 1.82) is 0 Å². The van der Waals surface area contributed by atoms with Gasteiger partial charge >= 0.3 is 0 Å². The molecule has 1 aromatic carbocycles. The van der Waals surface area contributed by atoms with E-state index in [9.17, 15) is 16.8 Å². The van der Waals surface area contributed by atoms with Crippen LogP contribution in [0.2, 0.25) is 0 Å². The van der Waals surface area contributed by atoms with Crippen LogP contribution in [0.4, 0.5) is 5.95 Å². The fourth-order valence-corrected chi connectivity index (χ4v) is 3.62. The van der Waals surface area contributed by atoms with Gasteiger partial charge in [-0.2, -0.15) is 8.42 Å². The van der Waals surface area contributed by atoms with Crippen molar-refractivity contribution in [3.05, 3.63) is 41.2 Å². The van der Waals surface area contributed by atoms with Crippen molar-refractivity contribution in [3.8, 4) is 11.5 Å². The number of ether oxygens (including phenoxy) is 2. The summed E-state index contributed by atoms with van der Waals surface area (Å²) in [6.07, 6.45) is 2.50. The van der Waals surface area contributed by atoms with Gasteiger partial charge in [0.25, 0.3) is 10.1 Å². The number of anilines is 1. The molecule has 0 spiro atoms. The molecule has 10 nitrogen and oxygen atoms in total. The lowest BCUT2D eigenvalue weighted by Gasteiger charge is -2.12. The van der Waals surface area contributed by atoms with Gasteiger partial charge in [0.15, 0.2) is 0 Å². The number of sulfonamides is 1. The van der Waals surface area contributed by atoms with Gasteiger partial charge in [-0.05, 0) is 30.5 Å². The molecule has 0 radical (unpaired) electrons. The number of nitrogens with one attached hydrogen (secondary N) is 1. The minimum Gasteiger partial charge on any atom is -0.497 e. The van der Waals surface area contributed by atoms with E-state index >= 15 is 0 Å². The molecule has 0 bridgehead atoms. The molecule has 0 unspecified atom stereocenters. The van der Waals surface area contributed by atoms with Crippen molar-refractivity contribution in [2.75, 3.05) is 31.0 Å². The maximum absolute atomic E-state index is 12.4. The molecule has 1 N–H and O–H groups in total. The predicted octanol–water partition coefficient (Wildman–Crippen LogP) is 1.26. The number of rotatable bonds is 10. The van der Waals surface area contributed by atoms with Gasteiger partial charge in [0.1, 0.15) is 18.1 Å². The van der Waals surface area contributed by atoms with Crippen LogP contribution in [0.3, 0.4) is 0 Å². The Kier molecular flexibility index (Phi) is 7.38. The average Bonchev–Trinajstić information content (AvgIpc) is 2.65. The zero-order chi connectivity index (χ0) is 21.7. The average molecular weight is 446 g/mol. The highest BCUT2D eigenvalue weighted by molar-refractivity contribution is 7.92. The first kappa shape index (κ1) is 22.8. The highest BCUT2D eigenvalue weighted by Gasteiger charge is 2.16. The lowest BCUT2D eigenvalue weighted by molar-refractivity contribution is 0.306. The number of methoxy groups -OCH3 is 2. The molecule has 1 aromatic heterocycles. The Hall–Kier alpha value is -2.44. The van der Waals surface area contributed by atoms with Gasteiger partial charge < -0.3 is 9.47 Å². The van der Waals surface area contributed by atoms with Crippen molar-refractivity contribution in [3.63, 3.8) is 0 Å². The first-order valence-corrected chi connectivity index (χ1v) is 11.9. The number of aromatic nitrogens is 2. The summed E-state index contributed by atoms with van der Waals surface area (Å²) >= 11 is 0. The third-order valence-corrected chi connectivity index (χ3v) is 5.65. The molecule has 160 valence electrons. The second-order valence-electron chi connectivity index (χ2n) is 6.14. The number of hydrogen-bond donors (Lipinski definition) is 1. The van der Waals surface area contributed by atoms with Gasteiger partial charge in [-0.15, -0.1) is 0 Å². The van der Waals surface area contributed by atoms with Crippen LogP contribution in [0.15, 0.2) is 24.4 Å². The smallest absolute Gasteiger partial charge is 0.264 e. The van der Waals surface area contributed by atoms with Crippen LogP contribution in [0, 0.1) is 6.92 Å². The second-order valence-corrected chi connectivity index (χ2v) is 9.62. The van der Waals surface area contributed by atoms with Gasteiger partial charge in [-0.1, -0.05) is 6.07 Å². The summed E-state index contributed by atoms with van der Waals surface area (Å²) < 4.78 is 64.5. The minimum atomic E-state index is -3.77. The Labute approximate surface area is 170 Å². The lowest BCUT2D eigenvalue weighted by Crippen LogP contribution is -2.20. The van der Waals surface area contributed by atoms with E-state index in [4.69, 9.17) is 13.7 Å². The quantitative estimate of drug-likeness (QED) is 0.536. The molecule has 0 fully saturated rings. The molecule has 2 rings (SSSR count). The van der Waals surface area contributed by atoms with Crippen LogP contribution < -0.4 is 14.2 Å². The number of nitrogens with zero attached hydrogens (tertiary/aromatic N) is 2. The Bertz CT molecular complexity index is 1070. The van der Waals surface area contributed by atoms with E-state index in [2.05, 4.69) is 14.7 Å². The van der Waals surface area contributed by atoms with Crippen molar-refractivity contribution in [2.24, 2.45) is 0 Å².